The predicted octanol–water partition coefficient (Wildman–Crippen LogP) is 6.26. The van der Waals surface area contributed by atoms with Crippen molar-refractivity contribution in [2.24, 2.45) is 11.1 Å². The lowest BCUT2D eigenvalue weighted by molar-refractivity contribution is 0.310. The molecule has 0 aliphatic heterocycles. The van der Waals surface area contributed by atoms with Crippen LogP contribution in [0.2, 0.25) is 0 Å². The van der Waals surface area contributed by atoms with E-state index in [4.69, 9.17) is 10.7 Å². The molecule has 0 spiro atoms. The van der Waals surface area contributed by atoms with Gasteiger partial charge >= 0.3 is 0 Å². The molecule has 162 valence electrons. The van der Waals surface area contributed by atoms with Gasteiger partial charge in [0.1, 0.15) is 5.82 Å². The number of aryl methyl sites for hydroxylation is 1. The average molecular weight is 423 g/mol. The molecule has 1 atom stereocenters. The van der Waals surface area contributed by atoms with Crippen LogP contribution in [0.5, 0.6) is 0 Å². The summed E-state index contributed by atoms with van der Waals surface area (Å²) in [4.78, 5) is 9.17. The largest absolute Gasteiger partial charge is 0.369 e. The molecule has 1 unspecified atom stereocenters. The summed E-state index contributed by atoms with van der Waals surface area (Å²) in [6, 6.07) is 26.9. The highest BCUT2D eigenvalue weighted by atomic mass is 15.0. The van der Waals surface area contributed by atoms with Crippen molar-refractivity contribution in [3.63, 3.8) is 0 Å². The van der Waals surface area contributed by atoms with Crippen molar-refractivity contribution in [2.75, 3.05) is 11.9 Å². The predicted molar refractivity (Wildman–Crippen MR) is 133 cm³/mol. The molecule has 3 N–H and O–H groups in total. The maximum absolute atomic E-state index is 6.60. The van der Waals surface area contributed by atoms with Gasteiger partial charge in [-0.1, -0.05) is 74.0 Å². The minimum Gasteiger partial charge on any atom is -0.369 e. The summed E-state index contributed by atoms with van der Waals surface area (Å²) in [5, 5.41) is 3.53. The molecule has 0 aliphatic rings. The second-order valence-corrected chi connectivity index (χ2v) is 8.93. The highest BCUT2D eigenvalue weighted by molar-refractivity contribution is 5.82. The lowest BCUT2D eigenvalue weighted by Gasteiger charge is -2.32. The van der Waals surface area contributed by atoms with E-state index in [1.165, 1.54) is 5.56 Å². The molecule has 0 aliphatic carbocycles. The summed E-state index contributed by atoms with van der Waals surface area (Å²) < 4.78 is 0. The van der Waals surface area contributed by atoms with Gasteiger partial charge in [0.25, 0.3) is 0 Å². The number of anilines is 1. The second-order valence-electron chi connectivity index (χ2n) is 8.93. The minimum atomic E-state index is -0.158. The van der Waals surface area contributed by atoms with E-state index in [0.29, 0.717) is 6.54 Å². The molecular formula is C28H30N4. The molecule has 2 aromatic heterocycles. The summed E-state index contributed by atoms with van der Waals surface area (Å²) in [7, 11) is 0. The minimum absolute atomic E-state index is 0.0811. The van der Waals surface area contributed by atoms with Crippen molar-refractivity contribution < 1.29 is 0 Å². The van der Waals surface area contributed by atoms with Gasteiger partial charge in [-0.3, -0.25) is 4.98 Å². The lowest BCUT2D eigenvalue weighted by atomic mass is 9.81. The van der Waals surface area contributed by atoms with Gasteiger partial charge in [0.05, 0.1) is 5.69 Å². The normalized spacial score (nSPS) is 12.4. The van der Waals surface area contributed by atoms with E-state index in [1.54, 1.807) is 12.4 Å². The van der Waals surface area contributed by atoms with Crippen molar-refractivity contribution in [1.82, 2.24) is 9.97 Å². The summed E-state index contributed by atoms with van der Waals surface area (Å²) in [5.41, 5.74) is 13.0. The third kappa shape index (κ3) is 4.87. The smallest absolute Gasteiger partial charge is 0.126 e. The van der Waals surface area contributed by atoms with Gasteiger partial charge in [-0.2, -0.15) is 0 Å². The Morgan fingerprint density at radius 2 is 1.62 bits per heavy atom. The van der Waals surface area contributed by atoms with E-state index in [-0.39, 0.29) is 11.5 Å². The number of nitrogens with one attached hydrogen (secondary N) is 1. The van der Waals surface area contributed by atoms with Crippen LogP contribution in [0.1, 0.15) is 31.0 Å². The zero-order chi connectivity index (χ0) is 22.6. The van der Waals surface area contributed by atoms with Gasteiger partial charge in [0.15, 0.2) is 0 Å². The first-order chi connectivity index (χ1) is 15.4. The number of hydrogen-bond acceptors (Lipinski definition) is 4. The van der Waals surface area contributed by atoms with Gasteiger partial charge in [0, 0.05) is 41.5 Å². The number of benzene rings is 2. The topological polar surface area (TPSA) is 63.8 Å². The molecule has 32 heavy (non-hydrogen) atoms. The molecule has 0 saturated carbocycles. The van der Waals surface area contributed by atoms with E-state index in [0.717, 1.165) is 33.8 Å². The highest BCUT2D eigenvalue weighted by Crippen LogP contribution is 2.34. The van der Waals surface area contributed by atoms with Crippen LogP contribution in [0.4, 0.5) is 5.82 Å². The van der Waals surface area contributed by atoms with Crippen molar-refractivity contribution >= 4 is 5.82 Å². The van der Waals surface area contributed by atoms with Crippen LogP contribution < -0.4 is 11.1 Å². The Labute approximate surface area is 190 Å². The average Bonchev–Trinajstić information content (AvgIpc) is 2.83. The first kappa shape index (κ1) is 21.7. The Balaban J connectivity index is 1.63. The van der Waals surface area contributed by atoms with Gasteiger partial charge in [-0.05, 0) is 42.3 Å². The molecule has 2 heterocycles. The summed E-state index contributed by atoms with van der Waals surface area (Å²) in [6.45, 7) is 7.18. The molecule has 0 saturated heterocycles. The number of aromatic nitrogens is 2. The molecule has 2 aromatic carbocycles. The second kappa shape index (κ2) is 9.33. The fraction of sp³-hybridized carbons (Fsp3) is 0.214. The Kier molecular flexibility index (Phi) is 6.33. The molecule has 0 amide bonds. The van der Waals surface area contributed by atoms with Gasteiger partial charge in [-0.15, -0.1) is 0 Å². The lowest BCUT2D eigenvalue weighted by Crippen LogP contribution is -2.35. The van der Waals surface area contributed by atoms with Crippen molar-refractivity contribution in [2.45, 2.75) is 26.8 Å². The molecule has 4 aromatic rings. The number of pyridine rings is 2. The van der Waals surface area contributed by atoms with Gasteiger partial charge in [0.2, 0.25) is 0 Å². The van der Waals surface area contributed by atoms with E-state index < -0.39 is 0 Å². The van der Waals surface area contributed by atoms with E-state index in [2.05, 4.69) is 73.5 Å². The van der Waals surface area contributed by atoms with E-state index in [9.17, 15) is 0 Å². The van der Waals surface area contributed by atoms with Gasteiger partial charge < -0.3 is 11.1 Å². The van der Waals surface area contributed by atoms with Crippen LogP contribution >= 0.6 is 0 Å². The zero-order valence-electron chi connectivity index (χ0n) is 18.9. The van der Waals surface area contributed by atoms with Crippen LogP contribution in [0.25, 0.3) is 22.4 Å². The Hall–Kier alpha value is -3.50. The maximum atomic E-state index is 6.60. The summed E-state index contributed by atoms with van der Waals surface area (Å²) >= 11 is 0. The number of rotatable bonds is 7. The van der Waals surface area contributed by atoms with Crippen LogP contribution in [-0.2, 0) is 0 Å². The standard InChI is InChI=1S/C28H30N4/c1-20-8-7-11-23(18-20)24-12-13-25(32-26(24)21-14-16-30-17-15-21)31-19-28(2,3)27(29)22-9-5-4-6-10-22/h4-18,27H,19,29H2,1-3H3,(H,31,32). The number of hydrogen-bond donors (Lipinski definition) is 2. The summed E-state index contributed by atoms with van der Waals surface area (Å²) in [6.07, 6.45) is 3.61. The molecule has 4 nitrogen and oxygen atoms in total. The van der Waals surface area contributed by atoms with Crippen LogP contribution in [-0.4, -0.2) is 16.5 Å². The first-order valence-corrected chi connectivity index (χ1v) is 11.0. The Morgan fingerprint density at radius 1 is 0.875 bits per heavy atom. The van der Waals surface area contributed by atoms with Gasteiger partial charge in [-0.25, -0.2) is 4.98 Å². The molecule has 0 fully saturated rings. The Bertz CT molecular complexity index is 1170. The number of nitrogens with zero attached hydrogens (tertiary/aromatic N) is 2. The highest BCUT2D eigenvalue weighted by Gasteiger charge is 2.27. The molecular weight excluding hydrogens is 392 g/mol. The zero-order valence-corrected chi connectivity index (χ0v) is 18.9. The fourth-order valence-electron chi connectivity index (χ4n) is 3.87. The SMILES string of the molecule is Cc1cccc(-c2ccc(NCC(C)(C)C(N)c3ccccc3)nc2-c2ccncc2)c1. The van der Waals surface area contributed by atoms with E-state index in [1.807, 2.05) is 36.4 Å². The van der Waals surface area contributed by atoms with Crippen LogP contribution in [0, 0.1) is 12.3 Å². The Morgan fingerprint density at radius 3 is 2.34 bits per heavy atom. The van der Waals surface area contributed by atoms with Crippen molar-refractivity contribution in [3.8, 4) is 22.4 Å². The third-order valence-electron chi connectivity index (χ3n) is 5.90. The monoisotopic (exact) mass is 422 g/mol. The fourth-order valence-corrected chi connectivity index (χ4v) is 3.87. The molecule has 0 bridgehead atoms. The van der Waals surface area contributed by atoms with Crippen LogP contribution in [0.3, 0.4) is 0 Å². The van der Waals surface area contributed by atoms with Crippen molar-refractivity contribution in [3.05, 3.63) is 102 Å². The van der Waals surface area contributed by atoms with Crippen molar-refractivity contribution in [1.29, 1.82) is 0 Å². The first-order valence-electron chi connectivity index (χ1n) is 11.0. The molecule has 0 radical (unpaired) electrons. The van der Waals surface area contributed by atoms with E-state index >= 15 is 0 Å². The quantitative estimate of drug-likeness (QED) is 0.369. The summed E-state index contributed by atoms with van der Waals surface area (Å²) in [5.74, 6) is 0.835. The maximum Gasteiger partial charge on any atom is 0.126 e. The van der Waals surface area contributed by atoms with Crippen LogP contribution in [0.15, 0.2) is 91.3 Å². The number of nitrogens with two attached hydrogens (primary N) is 1. The molecule has 4 heteroatoms. The third-order valence-corrected chi connectivity index (χ3v) is 5.90. The molecule has 4 rings (SSSR count).